The van der Waals surface area contributed by atoms with Crippen LogP contribution in [0.5, 0.6) is 0 Å². The van der Waals surface area contributed by atoms with Crippen molar-refractivity contribution in [2.75, 3.05) is 26.2 Å². The van der Waals surface area contributed by atoms with Crippen LogP contribution in [0.1, 0.15) is 50.2 Å². The SMILES string of the molecule is CC1CCN(C(N)=NCc2ccccc2CN2CCCCC2)CC1.I. The van der Waals surface area contributed by atoms with Crippen LogP contribution in [0, 0.1) is 5.92 Å². The lowest BCUT2D eigenvalue weighted by Gasteiger charge is -2.31. The molecule has 1 aromatic carbocycles. The normalized spacial score (nSPS) is 20.4. The average molecular weight is 456 g/mol. The summed E-state index contributed by atoms with van der Waals surface area (Å²) in [5.41, 5.74) is 8.96. The van der Waals surface area contributed by atoms with Crippen LogP contribution in [0.4, 0.5) is 0 Å². The number of likely N-dealkylation sites (tertiary alicyclic amines) is 2. The van der Waals surface area contributed by atoms with Crippen LogP contribution in [0.15, 0.2) is 29.3 Å². The minimum Gasteiger partial charge on any atom is -0.370 e. The van der Waals surface area contributed by atoms with E-state index in [0.717, 1.165) is 31.5 Å². The third-order valence-electron chi connectivity index (χ3n) is 5.48. The van der Waals surface area contributed by atoms with Gasteiger partial charge in [-0.2, -0.15) is 0 Å². The van der Waals surface area contributed by atoms with Gasteiger partial charge in [0.15, 0.2) is 5.96 Å². The maximum absolute atomic E-state index is 6.24. The summed E-state index contributed by atoms with van der Waals surface area (Å²) >= 11 is 0. The summed E-state index contributed by atoms with van der Waals surface area (Å²) in [5.74, 6) is 1.54. The Hall–Kier alpha value is -0.820. The Kier molecular flexibility index (Phi) is 8.49. The topological polar surface area (TPSA) is 44.9 Å². The van der Waals surface area contributed by atoms with Crippen molar-refractivity contribution in [1.82, 2.24) is 9.80 Å². The highest BCUT2D eigenvalue weighted by molar-refractivity contribution is 14.0. The van der Waals surface area contributed by atoms with Gasteiger partial charge in [0, 0.05) is 19.6 Å². The highest BCUT2D eigenvalue weighted by atomic mass is 127. The minimum absolute atomic E-state index is 0. The number of halogens is 1. The molecule has 0 spiro atoms. The molecule has 140 valence electrons. The van der Waals surface area contributed by atoms with Crippen LogP contribution < -0.4 is 5.73 Å². The summed E-state index contributed by atoms with van der Waals surface area (Å²) in [5, 5.41) is 0. The molecule has 0 amide bonds. The maximum atomic E-state index is 6.24. The fourth-order valence-electron chi connectivity index (χ4n) is 3.73. The summed E-state index contributed by atoms with van der Waals surface area (Å²) in [6, 6.07) is 8.71. The monoisotopic (exact) mass is 456 g/mol. The second-order valence-corrected chi connectivity index (χ2v) is 7.45. The second kappa shape index (κ2) is 10.4. The molecule has 0 bridgehead atoms. The molecule has 2 N–H and O–H groups in total. The molecule has 5 heteroatoms. The Bertz CT molecular complexity index is 546. The first kappa shape index (κ1) is 20.5. The van der Waals surface area contributed by atoms with E-state index in [-0.39, 0.29) is 24.0 Å². The first-order chi connectivity index (χ1) is 11.7. The fourth-order valence-corrected chi connectivity index (χ4v) is 3.73. The number of aliphatic imine (C=N–C) groups is 1. The molecule has 0 aromatic heterocycles. The molecule has 2 aliphatic heterocycles. The zero-order chi connectivity index (χ0) is 16.8. The van der Waals surface area contributed by atoms with E-state index in [1.807, 2.05) is 0 Å². The highest BCUT2D eigenvalue weighted by Gasteiger charge is 2.17. The van der Waals surface area contributed by atoms with E-state index < -0.39 is 0 Å². The van der Waals surface area contributed by atoms with Gasteiger partial charge in [-0.15, -0.1) is 24.0 Å². The molecule has 0 saturated carbocycles. The molecule has 2 fully saturated rings. The molecule has 3 rings (SSSR count). The van der Waals surface area contributed by atoms with Crippen LogP contribution in [-0.4, -0.2) is 41.9 Å². The number of nitrogens with zero attached hydrogens (tertiary/aromatic N) is 3. The summed E-state index contributed by atoms with van der Waals surface area (Å²) < 4.78 is 0. The molecular weight excluding hydrogens is 423 g/mol. The Morgan fingerprint density at radius 1 is 1.04 bits per heavy atom. The van der Waals surface area contributed by atoms with Gasteiger partial charge in [-0.25, -0.2) is 4.99 Å². The average Bonchev–Trinajstić information content (AvgIpc) is 2.62. The van der Waals surface area contributed by atoms with Crippen molar-refractivity contribution in [2.45, 2.75) is 52.1 Å². The van der Waals surface area contributed by atoms with Crippen LogP contribution >= 0.6 is 24.0 Å². The highest BCUT2D eigenvalue weighted by Crippen LogP contribution is 2.18. The van der Waals surface area contributed by atoms with Gasteiger partial charge in [-0.1, -0.05) is 37.6 Å². The van der Waals surface area contributed by atoms with E-state index in [1.165, 1.54) is 56.3 Å². The zero-order valence-corrected chi connectivity index (χ0v) is 17.8. The van der Waals surface area contributed by atoms with Crippen molar-refractivity contribution in [2.24, 2.45) is 16.6 Å². The van der Waals surface area contributed by atoms with Gasteiger partial charge in [0.2, 0.25) is 0 Å². The van der Waals surface area contributed by atoms with Gasteiger partial charge < -0.3 is 10.6 Å². The molecule has 0 unspecified atom stereocenters. The summed E-state index contributed by atoms with van der Waals surface area (Å²) in [6.45, 7) is 8.62. The van der Waals surface area contributed by atoms with Gasteiger partial charge >= 0.3 is 0 Å². The molecule has 0 aliphatic carbocycles. The molecule has 0 radical (unpaired) electrons. The Balaban J connectivity index is 0.00000225. The molecule has 25 heavy (non-hydrogen) atoms. The molecule has 2 heterocycles. The molecule has 2 saturated heterocycles. The summed E-state index contributed by atoms with van der Waals surface area (Å²) in [7, 11) is 0. The van der Waals surface area contributed by atoms with E-state index in [4.69, 9.17) is 10.7 Å². The minimum atomic E-state index is 0. The molecular formula is C20H33IN4. The molecule has 4 nitrogen and oxygen atoms in total. The molecule has 2 aliphatic rings. The summed E-state index contributed by atoms with van der Waals surface area (Å²) in [6.07, 6.45) is 6.50. The van der Waals surface area contributed by atoms with E-state index in [1.54, 1.807) is 0 Å². The van der Waals surface area contributed by atoms with Gasteiger partial charge in [0.1, 0.15) is 0 Å². The predicted octanol–water partition coefficient (Wildman–Crippen LogP) is 3.84. The van der Waals surface area contributed by atoms with Gasteiger partial charge in [-0.05, 0) is 55.8 Å². The lowest BCUT2D eigenvalue weighted by atomic mass is 10.00. The van der Waals surface area contributed by atoms with E-state index in [2.05, 4.69) is 41.0 Å². The number of nitrogens with two attached hydrogens (primary N) is 1. The number of guanidine groups is 1. The largest absolute Gasteiger partial charge is 0.370 e. The van der Waals surface area contributed by atoms with Gasteiger partial charge in [-0.3, -0.25) is 4.90 Å². The number of piperidine rings is 2. The molecule has 0 atom stereocenters. The Morgan fingerprint density at radius 2 is 1.68 bits per heavy atom. The first-order valence-electron chi connectivity index (χ1n) is 9.56. The standard InChI is InChI=1S/C20H32N4.HI/c1-17-9-13-24(14-10-17)20(21)22-15-18-7-3-4-8-19(18)16-23-11-5-2-6-12-23;/h3-4,7-8,17H,2,5-6,9-16H2,1H3,(H2,21,22);1H. The van der Waals surface area contributed by atoms with E-state index in [9.17, 15) is 0 Å². The smallest absolute Gasteiger partial charge is 0.191 e. The van der Waals surface area contributed by atoms with Crippen LogP contribution in [0.2, 0.25) is 0 Å². The van der Waals surface area contributed by atoms with E-state index >= 15 is 0 Å². The van der Waals surface area contributed by atoms with Crippen LogP contribution in [-0.2, 0) is 13.1 Å². The quantitative estimate of drug-likeness (QED) is 0.426. The Morgan fingerprint density at radius 3 is 2.36 bits per heavy atom. The maximum Gasteiger partial charge on any atom is 0.191 e. The number of hydrogen-bond donors (Lipinski definition) is 1. The van der Waals surface area contributed by atoms with Crippen molar-refractivity contribution in [3.8, 4) is 0 Å². The third-order valence-corrected chi connectivity index (χ3v) is 5.48. The lowest BCUT2D eigenvalue weighted by Crippen LogP contribution is -2.42. The number of rotatable bonds is 4. The van der Waals surface area contributed by atoms with Crippen molar-refractivity contribution < 1.29 is 0 Å². The molecule has 1 aromatic rings. The first-order valence-corrected chi connectivity index (χ1v) is 9.56. The number of benzene rings is 1. The van der Waals surface area contributed by atoms with Crippen LogP contribution in [0.3, 0.4) is 0 Å². The lowest BCUT2D eigenvalue weighted by molar-refractivity contribution is 0.220. The van der Waals surface area contributed by atoms with Crippen LogP contribution in [0.25, 0.3) is 0 Å². The van der Waals surface area contributed by atoms with Gasteiger partial charge in [0.25, 0.3) is 0 Å². The number of hydrogen-bond acceptors (Lipinski definition) is 2. The second-order valence-electron chi connectivity index (χ2n) is 7.45. The van der Waals surface area contributed by atoms with E-state index in [0.29, 0.717) is 6.54 Å². The van der Waals surface area contributed by atoms with Crippen molar-refractivity contribution in [3.05, 3.63) is 35.4 Å². The summed E-state index contributed by atoms with van der Waals surface area (Å²) in [4.78, 5) is 9.51. The van der Waals surface area contributed by atoms with Crippen molar-refractivity contribution >= 4 is 29.9 Å². The Labute approximate surface area is 169 Å². The predicted molar refractivity (Wildman–Crippen MR) is 116 cm³/mol. The van der Waals surface area contributed by atoms with Crippen molar-refractivity contribution in [1.29, 1.82) is 0 Å². The fraction of sp³-hybridized carbons (Fsp3) is 0.650. The van der Waals surface area contributed by atoms with Gasteiger partial charge in [0.05, 0.1) is 6.54 Å². The zero-order valence-electron chi connectivity index (χ0n) is 15.5. The van der Waals surface area contributed by atoms with Crippen molar-refractivity contribution in [3.63, 3.8) is 0 Å². The third kappa shape index (κ3) is 6.13.